The minimum atomic E-state index is -0.166. The van der Waals surface area contributed by atoms with Crippen molar-refractivity contribution in [1.29, 1.82) is 0 Å². The number of hydrogen-bond acceptors (Lipinski definition) is 5. The van der Waals surface area contributed by atoms with Gasteiger partial charge in [-0.1, -0.05) is 18.2 Å². The fraction of sp³-hybridized carbons (Fsp3) is 0.429. The average Bonchev–Trinajstić information content (AvgIpc) is 3.31. The predicted octanol–water partition coefficient (Wildman–Crippen LogP) is 3.80. The van der Waals surface area contributed by atoms with E-state index in [1.165, 1.54) is 6.26 Å². The lowest BCUT2D eigenvalue weighted by Crippen LogP contribution is -2.43. The zero-order valence-electron chi connectivity index (χ0n) is 16.6. The van der Waals surface area contributed by atoms with Gasteiger partial charge in [-0.25, -0.2) is 0 Å². The van der Waals surface area contributed by atoms with Crippen LogP contribution in [0.5, 0.6) is 5.75 Å². The van der Waals surface area contributed by atoms with Crippen LogP contribution in [-0.2, 0) is 4.79 Å². The standard InChI is InChI=1S/C21H26N2O4S/c1-14(2)22(20(25)18-10-7-13-27-18)11-12-23-19(24)15(3)28-21(23)16-8-5-6-9-17(16)26-4/h5-10,13-15,21H,11-12H2,1-4H3/t15-,21-/m1/s1. The summed E-state index contributed by atoms with van der Waals surface area (Å²) in [6.45, 7) is 6.72. The second kappa shape index (κ2) is 8.73. The first-order valence-corrected chi connectivity index (χ1v) is 10.3. The molecule has 0 saturated carbocycles. The Kier molecular flexibility index (Phi) is 6.34. The molecule has 2 atom stereocenters. The summed E-state index contributed by atoms with van der Waals surface area (Å²) in [5.74, 6) is 0.987. The van der Waals surface area contributed by atoms with Gasteiger partial charge in [0.2, 0.25) is 5.91 Å². The number of carbonyl (C=O) groups is 2. The van der Waals surface area contributed by atoms with Gasteiger partial charge in [0.15, 0.2) is 5.76 Å². The number of ether oxygens (including phenoxy) is 1. The van der Waals surface area contributed by atoms with Crippen molar-refractivity contribution in [2.75, 3.05) is 20.2 Å². The van der Waals surface area contributed by atoms with Crippen molar-refractivity contribution in [3.8, 4) is 5.75 Å². The molecular formula is C21H26N2O4S. The van der Waals surface area contributed by atoms with E-state index in [4.69, 9.17) is 9.15 Å². The molecule has 0 bridgehead atoms. The fourth-order valence-corrected chi connectivity index (χ4v) is 4.70. The summed E-state index contributed by atoms with van der Waals surface area (Å²) in [6.07, 6.45) is 1.49. The SMILES string of the molecule is COc1ccccc1[C@H]1S[C@H](C)C(=O)N1CCN(C(=O)c1ccco1)C(C)C. The molecule has 28 heavy (non-hydrogen) atoms. The molecule has 1 aromatic heterocycles. The number of thioether (sulfide) groups is 1. The van der Waals surface area contributed by atoms with E-state index in [0.717, 1.165) is 11.3 Å². The molecule has 1 aromatic carbocycles. The molecule has 0 aliphatic carbocycles. The molecule has 0 unspecified atom stereocenters. The van der Waals surface area contributed by atoms with Crippen LogP contribution >= 0.6 is 11.8 Å². The smallest absolute Gasteiger partial charge is 0.289 e. The summed E-state index contributed by atoms with van der Waals surface area (Å²) in [7, 11) is 1.64. The van der Waals surface area contributed by atoms with Gasteiger partial charge in [0.1, 0.15) is 11.1 Å². The summed E-state index contributed by atoms with van der Waals surface area (Å²) < 4.78 is 10.8. The van der Waals surface area contributed by atoms with Gasteiger partial charge in [0, 0.05) is 24.7 Å². The zero-order valence-corrected chi connectivity index (χ0v) is 17.4. The number of amides is 2. The van der Waals surface area contributed by atoms with Crippen LogP contribution in [-0.4, -0.2) is 53.1 Å². The van der Waals surface area contributed by atoms with Crippen LogP contribution in [0.4, 0.5) is 0 Å². The maximum absolute atomic E-state index is 12.8. The van der Waals surface area contributed by atoms with Crippen LogP contribution in [0.1, 0.15) is 42.3 Å². The fourth-order valence-electron chi connectivity index (χ4n) is 3.36. The number of nitrogens with zero attached hydrogens (tertiary/aromatic N) is 2. The third-order valence-electron chi connectivity index (χ3n) is 4.85. The van der Waals surface area contributed by atoms with Crippen molar-refractivity contribution >= 4 is 23.6 Å². The Labute approximate surface area is 169 Å². The van der Waals surface area contributed by atoms with Gasteiger partial charge in [0.25, 0.3) is 5.91 Å². The van der Waals surface area contributed by atoms with E-state index in [1.807, 2.05) is 49.9 Å². The molecule has 2 aromatic rings. The Morgan fingerprint density at radius 2 is 2.04 bits per heavy atom. The van der Waals surface area contributed by atoms with Crippen molar-refractivity contribution < 1.29 is 18.7 Å². The molecule has 3 rings (SSSR count). The van der Waals surface area contributed by atoms with E-state index in [-0.39, 0.29) is 28.5 Å². The maximum atomic E-state index is 12.8. The Morgan fingerprint density at radius 1 is 1.29 bits per heavy atom. The first-order chi connectivity index (χ1) is 13.4. The minimum Gasteiger partial charge on any atom is -0.496 e. The molecule has 1 saturated heterocycles. The summed E-state index contributed by atoms with van der Waals surface area (Å²) in [6, 6.07) is 11.1. The number of carbonyl (C=O) groups excluding carboxylic acids is 2. The van der Waals surface area contributed by atoms with Crippen LogP contribution in [0.15, 0.2) is 47.1 Å². The average molecular weight is 403 g/mol. The second-order valence-corrected chi connectivity index (χ2v) is 8.40. The Bertz CT molecular complexity index is 822. The molecule has 7 heteroatoms. The van der Waals surface area contributed by atoms with E-state index < -0.39 is 0 Å². The first kappa shape index (κ1) is 20.3. The van der Waals surface area contributed by atoms with Crippen molar-refractivity contribution in [3.63, 3.8) is 0 Å². The molecular weight excluding hydrogens is 376 g/mol. The molecule has 1 aliphatic heterocycles. The van der Waals surface area contributed by atoms with E-state index in [0.29, 0.717) is 18.8 Å². The van der Waals surface area contributed by atoms with Gasteiger partial charge in [-0.2, -0.15) is 0 Å². The maximum Gasteiger partial charge on any atom is 0.289 e. The molecule has 0 radical (unpaired) electrons. The predicted molar refractivity (Wildman–Crippen MR) is 109 cm³/mol. The Balaban J connectivity index is 1.79. The van der Waals surface area contributed by atoms with Gasteiger partial charge in [0.05, 0.1) is 18.6 Å². The lowest BCUT2D eigenvalue weighted by molar-refractivity contribution is -0.130. The first-order valence-electron chi connectivity index (χ1n) is 9.37. The van der Waals surface area contributed by atoms with Gasteiger partial charge in [-0.3, -0.25) is 9.59 Å². The summed E-state index contributed by atoms with van der Waals surface area (Å²) in [5.41, 5.74) is 0.973. The molecule has 150 valence electrons. The summed E-state index contributed by atoms with van der Waals surface area (Å²) in [4.78, 5) is 29.1. The summed E-state index contributed by atoms with van der Waals surface area (Å²) in [5, 5.41) is -0.269. The van der Waals surface area contributed by atoms with Crippen molar-refractivity contribution in [3.05, 3.63) is 54.0 Å². The molecule has 2 heterocycles. The van der Waals surface area contributed by atoms with Crippen molar-refractivity contribution in [2.45, 2.75) is 37.4 Å². The van der Waals surface area contributed by atoms with Crippen LogP contribution in [0, 0.1) is 0 Å². The van der Waals surface area contributed by atoms with Crippen molar-refractivity contribution in [2.24, 2.45) is 0 Å². The monoisotopic (exact) mass is 402 g/mol. The highest BCUT2D eigenvalue weighted by atomic mass is 32.2. The third kappa shape index (κ3) is 4.04. The highest BCUT2D eigenvalue weighted by Gasteiger charge is 2.40. The zero-order chi connectivity index (χ0) is 20.3. The number of furan rings is 1. The molecule has 1 aliphatic rings. The molecule has 0 spiro atoms. The van der Waals surface area contributed by atoms with E-state index in [1.54, 1.807) is 35.9 Å². The lowest BCUT2D eigenvalue weighted by Gasteiger charge is -2.31. The lowest BCUT2D eigenvalue weighted by atomic mass is 10.1. The molecule has 0 N–H and O–H groups in total. The minimum absolute atomic E-state index is 0.00917. The molecule has 2 amide bonds. The highest BCUT2D eigenvalue weighted by Crippen LogP contribution is 2.45. The number of methoxy groups -OCH3 is 1. The van der Waals surface area contributed by atoms with Gasteiger partial charge in [-0.05, 0) is 39.0 Å². The molecule has 1 fully saturated rings. The number of rotatable bonds is 7. The van der Waals surface area contributed by atoms with Gasteiger partial charge >= 0.3 is 0 Å². The normalized spacial score (nSPS) is 19.3. The van der Waals surface area contributed by atoms with E-state index >= 15 is 0 Å². The Morgan fingerprint density at radius 3 is 2.68 bits per heavy atom. The third-order valence-corrected chi connectivity index (χ3v) is 6.23. The van der Waals surface area contributed by atoms with Crippen LogP contribution < -0.4 is 4.74 Å². The largest absolute Gasteiger partial charge is 0.496 e. The summed E-state index contributed by atoms with van der Waals surface area (Å²) >= 11 is 1.60. The van der Waals surface area contributed by atoms with Crippen molar-refractivity contribution in [1.82, 2.24) is 9.80 Å². The Hall–Kier alpha value is -2.41. The number of para-hydroxylation sites is 1. The highest BCUT2D eigenvalue weighted by molar-refractivity contribution is 8.01. The van der Waals surface area contributed by atoms with Crippen LogP contribution in [0.2, 0.25) is 0 Å². The second-order valence-electron chi connectivity index (χ2n) is 6.97. The van der Waals surface area contributed by atoms with Gasteiger partial charge in [-0.15, -0.1) is 11.8 Å². The van der Waals surface area contributed by atoms with E-state index in [2.05, 4.69) is 0 Å². The van der Waals surface area contributed by atoms with Crippen LogP contribution in [0.3, 0.4) is 0 Å². The number of hydrogen-bond donors (Lipinski definition) is 0. The number of benzene rings is 1. The van der Waals surface area contributed by atoms with E-state index in [9.17, 15) is 9.59 Å². The topological polar surface area (TPSA) is 63.0 Å². The van der Waals surface area contributed by atoms with Gasteiger partial charge < -0.3 is 19.0 Å². The quantitative estimate of drug-likeness (QED) is 0.705. The molecule has 6 nitrogen and oxygen atoms in total. The van der Waals surface area contributed by atoms with Crippen LogP contribution in [0.25, 0.3) is 0 Å².